The molecule has 2 rings (SSSR count). The maximum Gasteiger partial charge on any atom is 0.253 e. The Morgan fingerprint density at radius 1 is 1.25 bits per heavy atom. The van der Waals surface area contributed by atoms with Crippen molar-refractivity contribution in [3.05, 3.63) is 63.6 Å². The predicted octanol–water partition coefficient (Wildman–Crippen LogP) is 3.83. The van der Waals surface area contributed by atoms with Gasteiger partial charge in [0.05, 0.1) is 11.6 Å². The Bertz CT molecular complexity index is 640. The van der Waals surface area contributed by atoms with Crippen LogP contribution >= 0.6 is 15.9 Å². The minimum absolute atomic E-state index is 0.0632. The van der Waals surface area contributed by atoms with Crippen LogP contribution in [0.4, 0.5) is 5.69 Å². The molecule has 0 aliphatic heterocycles. The van der Waals surface area contributed by atoms with Gasteiger partial charge in [0, 0.05) is 10.2 Å². The van der Waals surface area contributed by atoms with Gasteiger partial charge in [-0.25, -0.2) is 0 Å². The number of amides is 1. The molecule has 0 aliphatic rings. The van der Waals surface area contributed by atoms with E-state index >= 15 is 0 Å². The zero-order valence-corrected chi connectivity index (χ0v) is 13.1. The second kappa shape index (κ2) is 6.09. The molecule has 0 spiro atoms. The number of carbonyl (C=O) groups excluding carboxylic acids is 1. The van der Waals surface area contributed by atoms with Gasteiger partial charge in [-0.1, -0.05) is 40.2 Å². The Kier molecular flexibility index (Phi) is 4.45. The number of anilines is 1. The van der Waals surface area contributed by atoms with Gasteiger partial charge in [-0.3, -0.25) is 4.79 Å². The third kappa shape index (κ3) is 3.20. The summed E-state index contributed by atoms with van der Waals surface area (Å²) in [6.45, 7) is 4.00. The van der Waals surface area contributed by atoms with Crippen molar-refractivity contribution in [1.82, 2.24) is 5.32 Å². The Labute approximate surface area is 127 Å². The highest BCUT2D eigenvalue weighted by Crippen LogP contribution is 2.21. The summed E-state index contributed by atoms with van der Waals surface area (Å²) < 4.78 is 0.860. The van der Waals surface area contributed by atoms with Crippen molar-refractivity contribution in [2.45, 2.75) is 19.9 Å². The fraction of sp³-hybridized carbons (Fsp3) is 0.188. The monoisotopic (exact) mass is 332 g/mol. The molecule has 3 N–H and O–H groups in total. The lowest BCUT2D eigenvalue weighted by atomic mass is 10.0. The topological polar surface area (TPSA) is 55.1 Å². The summed E-state index contributed by atoms with van der Waals surface area (Å²) in [7, 11) is 0. The first-order valence-electron chi connectivity index (χ1n) is 6.40. The number of aryl methyl sites for hydroxylation is 1. The van der Waals surface area contributed by atoms with Crippen molar-refractivity contribution in [2.75, 3.05) is 5.73 Å². The molecule has 0 radical (unpaired) electrons. The van der Waals surface area contributed by atoms with Crippen LogP contribution in [0.25, 0.3) is 0 Å². The molecule has 0 saturated carbocycles. The van der Waals surface area contributed by atoms with Crippen molar-refractivity contribution < 1.29 is 4.79 Å². The van der Waals surface area contributed by atoms with Crippen LogP contribution < -0.4 is 11.1 Å². The summed E-state index contributed by atoms with van der Waals surface area (Å²) in [6.07, 6.45) is 0. The van der Waals surface area contributed by atoms with Crippen molar-refractivity contribution >= 4 is 27.5 Å². The maximum absolute atomic E-state index is 12.3. The van der Waals surface area contributed by atoms with E-state index in [1.54, 1.807) is 12.1 Å². The molecule has 1 amide bonds. The second-order valence-corrected chi connectivity index (χ2v) is 5.70. The van der Waals surface area contributed by atoms with Crippen molar-refractivity contribution in [3.63, 3.8) is 0 Å². The van der Waals surface area contributed by atoms with E-state index in [9.17, 15) is 4.79 Å². The van der Waals surface area contributed by atoms with E-state index in [0.29, 0.717) is 11.3 Å². The number of halogens is 1. The lowest BCUT2D eigenvalue weighted by molar-refractivity contribution is 0.0940. The van der Waals surface area contributed by atoms with Gasteiger partial charge in [0.2, 0.25) is 0 Å². The SMILES string of the molecule is Cc1ccccc1C(C)NC(=O)c1ccc(Br)cc1N. The van der Waals surface area contributed by atoms with E-state index < -0.39 is 0 Å². The minimum Gasteiger partial charge on any atom is -0.398 e. The number of nitrogens with one attached hydrogen (secondary N) is 1. The summed E-state index contributed by atoms with van der Waals surface area (Å²) in [5.41, 5.74) is 9.10. The van der Waals surface area contributed by atoms with Crippen LogP contribution in [0.15, 0.2) is 46.9 Å². The van der Waals surface area contributed by atoms with E-state index in [-0.39, 0.29) is 11.9 Å². The number of carbonyl (C=O) groups is 1. The molecule has 2 aromatic carbocycles. The van der Waals surface area contributed by atoms with Crippen molar-refractivity contribution in [1.29, 1.82) is 0 Å². The molecule has 1 atom stereocenters. The second-order valence-electron chi connectivity index (χ2n) is 4.78. The van der Waals surface area contributed by atoms with Gasteiger partial charge in [-0.2, -0.15) is 0 Å². The summed E-state index contributed by atoms with van der Waals surface area (Å²) in [4.78, 5) is 12.3. The highest BCUT2D eigenvalue weighted by molar-refractivity contribution is 9.10. The van der Waals surface area contributed by atoms with Crippen LogP contribution in [-0.4, -0.2) is 5.91 Å². The number of rotatable bonds is 3. The van der Waals surface area contributed by atoms with Gasteiger partial charge in [-0.05, 0) is 43.2 Å². The number of nitrogens with two attached hydrogens (primary N) is 1. The van der Waals surface area contributed by atoms with Crippen LogP contribution in [0.3, 0.4) is 0 Å². The van der Waals surface area contributed by atoms with Crippen molar-refractivity contribution in [3.8, 4) is 0 Å². The lowest BCUT2D eigenvalue weighted by Crippen LogP contribution is -2.27. The Balaban J connectivity index is 2.17. The summed E-state index contributed by atoms with van der Waals surface area (Å²) in [6, 6.07) is 13.2. The van der Waals surface area contributed by atoms with Gasteiger partial charge < -0.3 is 11.1 Å². The van der Waals surface area contributed by atoms with E-state index in [4.69, 9.17) is 5.73 Å². The smallest absolute Gasteiger partial charge is 0.253 e. The standard InChI is InChI=1S/C16H17BrN2O/c1-10-5-3-4-6-13(10)11(2)19-16(20)14-8-7-12(17)9-15(14)18/h3-9,11H,18H2,1-2H3,(H,19,20). The third-order valence-electron chi connectivity index (χ3n) is 3.26. The molecule has 4 heteroatoms. The number of benzene rings is 2. The van der Waals surface area contributed by atoms with Gasteiger partial charge in [0.15, 0.2) is 0 Å². The molecule has 104 valence electrons. The molecular weight excluding hydrogens is 316 g/mol. The van der Waals surface area contributed by atoms with E-state index in [1.165, 1.54) is 0 Å². The van der Waals surface area contributed by atoms with Gasteiger partial charge in [-0.15, -0.1) is 0 Å². The molecule has 0 heterocycles. The molecule has 0 fully saturated rings. The Morgan fingerprint density at radius 2 is 1.95 bits per heavy atom. The van der Waals surface area contributed by atoms with Crippen LogP contribution in [0.2, 0.25) is 0 Å². The first-order chi connectivity index (χ1) is 9.49. The van der Waals surface area contributed by atoms with E-state index in [2.05, 4.69) is 21.2 Å². The fourth-order valence-corrected chi connectivity index (χ4v) is 2.54. The molecule has 0 bridgehead atoms. The molecule has 3 nitrogen and oxygen atoms in total. The van der Waals surface area contributed by atoms with Gasteiger partial charge in [0.25, 0.3) is 5.91 Å². The average molecular weight is 333 g/mol. The van der Waals surface area contributed by atoms with Crippen LogP contribution in [-0.2, 0) is 0 Å². The number of nitrogen functional groups attached to an aromatic ring is 1. The molecule has 0 aliphatic carbocycles. The quantitative estimate of drug-likeness (QED) is 0.839. The zero-order valence-electron chi connectivity index (χ0n) is 11.5. The number of hydrogen-bond acceptors (Lipinski definition) is 2. The summed E-state index contributed by atoms with van der Waals surface area (Å²) in [5, 5.41) is 2.98. The van der Waals surface area contributed by atoms with Crippen molar-refractivity contribution in [2.24, 2.45) is 0 Å². The molecule has 2 aromatic rings. The normalized spacial score (nSPS) is 11.9. The van der Waals surface area contributed by atoms with E-state index in [1.807, 2.05) is 44.2 Å². The molecule has 0 saturated heterocycles. The third-order valence-corrected chi connectivity index (χ3v) is 3.75. The van der Waals surface area contributed by atoms with Gasteiger partial charge >= 0.3 is 0 Å². The lowest BCUT2D eigenvalue weighted by Gasteiger charge is -2.17. The van der Waals surface area contributed by atoms with Crippen LogP contribution in [0.1, 0.15) is 34.5 Å². The largest absolute Gasteiger partial charge is 0.398 e. The summed E-state index contributed by atoms with van der Waals surface area (Å²) in [5.74, 6) is -0.161. The number of hydrogen-bond donors (Lipinski definition) is 2. The highest BCUT2D eigenvalue weighted by atomic mass is 79.9. The summed E-state index contributed by atoms with van der Waals surface area (Å²) >= 11 is 3.33. The Morgan fingerprint density at radius 3 is 2.60 bits per heavy atom. The van der Waals surface area contributed by atoms with Gasteiger partial charge in [0.1, 0.15) is 0 Å². The molecular formula is C16H17BrN2O. The first kappa shape index (κ1) is 14.6. The highest BCUT2D eigenvalue weighted by Gasteiger charge is 2.14. The average Bonchev–Trinajstić information content (AvgIpc) is 2.38. The molecule has 0 aromatic heterocycles. The van der Waals surface area contributed by atoms with Crippen LogP contribution in [0, 0.1) is 6.92 Å². The Hall–Kier alpha value is -1.81. The first-order valence-corrected chi connectivity index (χ1v) is 7.19. The fourth-order valence-electron chi connectivity index (χ4n) is 2.17. The molecule has 20 heavy (non-hydrogen) atoms. The van der Waals surface area contributed by atoms with E-state index in [0.717, 1.165) is 15.6 Å². The van der Waals surface area contributed by atoms with Crippen LogP contribution in [0.5, 0.6) is 0 Å². The zero-order chi connectivity index (χ0) is 14.7. The molecule has 1 unspecified atom stereocenters. The minimum atomic E-state index is -0.161. The maximum atomic E-state index is 12.3. The predicted molar refractivity (Wildman–Crippen MR) is 85.6 cm³/mol.